The summed E-state index contributed by atoms with van der Waals surface area (Å²) in [5, 5.41) is 0. The van der Waals surface area contributed by atoms with Crippen molar-refractivity contribution in [2.75, 3.05) is 25.1 Å². The van der Waals surface area contributed by atoms with Crippen LogP contribution in [-0.2, 0) is 0 Å². The maximum atomic E-state index is 12.9. The SMILES string of the molecule is CCCCN(C)C(=O)c1ccc2c(c1)C(=O)N(c1ccc(OCC)cc1)C2=O. The number of anilines is 1. The highest BCUT2D eigenvalue weighted by atomic mass is 16.5. The van der Waals surface area contributed by atoms with E-state index in [0.29, 0.717) is 35.7 Å². The van der Waals surface area contributed by atoms with Crippen molar-refractivity contribution in [1.82, 2.24) is 4.90 Å². The highest BCUT2D eigenvalue weighted by Gasteiger charge is 2.37. The van der Waals surface area contributed by atoms with Gasteiger partial charge in [-0.1, -0.05) is 13.3 Å². The summed E-state index contributed by atoms with van der Waals surface area (Å²) in [7, 11) is 1.74. The van der Waals surface area contributed by atoms with Crippen LogP contribution in [0.25, 0.3) is 0 Å². The fraction of sp³-hybridized carbons (Fsp3) is 0.318. The Hall–Kier alpha value is -3.15. The van der Waals surface area contributed by atoms with Crippen molar-refractivity contribution >= 4 is 23.4 Å². The van der Waals surface area contributed by atoms with Crippen LogP contribution in [0.2, 0.25) is 0 Å². The molecule has 0 aromatic heterocycles. The van der Waals surface area contributed by atoms with Crippen molar-refractivity contribution in [2.45, 2.75) is 26.7 Å². The molecule has 3 amide bonds. The molecule has 1 aliphatic rings. The smallest absolute Gasteiger partial charge is 0.266 e. The summed E-state index contributed by atoms with van der Waals surface area (Å²) in [5.74, 6) is -0.292. The van der Waals surface area contributed by atoms with Gasteiger partial charge in [-0.2, -0.15) is 0 Å². The molecule has 146 valence electrons. The van der Waals surface area contributed by atoms with Crippen molar-refractivity contribution in [3.05, 3.63) is 59.2 Å². The lowest BCUT2D eigenvalue weighted by Gasteiger charge is -2.17. The Morgan fingerprint density at radius 1 is 1.00 bits per heavy atom. The van der Waals surface area contributed by atoms with Crippen LogP contribution < -0.4 is 9.64 Å². The molecule has 0 N–H and O–H groups in total. The lowest BCUT2D eigenvalue weighted by Crippen LogP contribution is -2.29. The Kier molecular flexibility index (Phi) is 5.78. The van der Waals surface area contributed by atoms with Gasteiger partial charge in [-0.3, -0.25) is 14.4 Å². The zero-order valence-electron chi connectivity index (χ0n) is 16.4. The van der Waals surface area contributed by atoms with E-state index in [4.69, 9.17) is 4.74 Å². The molecular formula is C22H24N2O4. The van der Waals surface area contributed by atoms with E-state index in [1.807, 2.05) is 6.92 Å². The number of ether oxygens (including phenoxy) is 1. The number of hydrogen-bond acceptors (Lipinski definition) is 4. The molecule has 2 aromatic rings. The molecule has 0 saturated carbocycles. The highest BCUT2D eigenvalue weighted by Crippen LogP contribution is 2.30. The van der Waals surface area contributed by atoms with Crippen LogP contribution >= 0.6 is 0 Å². The van der Waals surface area contributed by atoms with Gasteiger partial charge in [-0.25, -0.2) is 4.90 Å². The van der Waals surface area contributed by atoms with E-state index >= 15 is 0 Å². The summed E-state index contributed by atoms with van der Waals surface area (Å²) in [6.07, 6.45) is 1.90. The van der Waals surface area contributed by atoms with Gasteiger partial charge >= 0.3 is 0 Å². The van der Waals surface area contributed by atoms with E-state index in [9.17, 15) is 14.4 Å². The van der Waals surface area contributed by atoms with Gasteiger partial charge in [0.25, 0.3) is 17.7 Å². The fourth-order valence-electron chi connectivity index (χ4n) is 3.18. The van der Waals surface area contributed by atoms with Crippen molar-refractivity contribution in [3.8, 4) is 5.75 Å². The quantitative estimate of drug-likeness (QED) is 0.686. The van der Waals surface area contributed by atoms with Gasteiger partial charge in [0, 0.05) is 19.2 Å². The van der Waals surface area contributed by atoms with E-state index in [2.05, 4.69) is 6.92 Å². The molecule has 0 unspecified atom stereocenters. The van der Waals surface area contributed by atoms with E-state index in [0.717, 1.165) is 17.7 Å². The molecule has 6 nitrogen and oxygen atoms in total. The monoisotopic (exact) mass is 380 g/mol. The number of unbranched alkanes of at least 4 members (excludes halogenated alkanes) is 1. The zero-order valence-corrected chi connectivity index (χ0v) is 16.4. The highest BCUT2D eigenvalue weighted by molar-refractivity contribution is 6.34. The Bertz CT molecular complexity index is 905. The topological polar surface area (TPSA) is 66.9 Å². The molecule has 0 atom stereocenters. The van der Waals surface area contributed by atoms with Crippen LogP contribution in [0.3, 0.4) is 0 Å². The van der Waals surface area contributed by atoms with Gasteiger partial charge < -0.3 is 9.64 Å². The van der Waals surface area contributed by atoms with Crippen LogP contribution in [0.15, 0.2) is 42.5 Å². The maximum absolute atomic E-state index is 12.9. The summed E-state index contributed by atoms with van der Waals surface area (Å²) in [6.45, 7) is 5.14. The number of nitrogens with zero attached hydrogens (tertiary/aromatic N) is 2. The number of rotatable bonds is 7. The Morgan fingerprint density at radius 2 is 1.68 bits per heavy atom. The third-order valence-electron chi connectivity index (χ3n) is 4.73. The summed E-state index contributed by atoms with van der Waals surface area (Å²) < 4.78 is 5.40. The van der Waals surface area contributed by atoms with Gasteiger partial charge in [0.2, 0.25) is 0 Å². The summed E-state index contributed by atoms with van der Waals surface area (Å²) in [6, 6.07) is 11.5. The average molecular weight is 380 g/mol. The molecule has 0 fully saturated rings. The van der Waals surface area contributed by atoms with Gasteiger partial charge in [0.15, 0.2) is 0 Å². The number of benzene rings is 2. The van der Waals surface area contributed by atoms with Crippen molar-refractivity contribution in [2.24, 2.45) is 0 Å². The maximum Gasteiger partial charge on any atom is 0.266 e. The Morgan fingerprint density at radius 3 is 2.32 bits per heavy atom. The third-order valence-corrected chi connectivity index (χ3v) is 4.73. The molecule has 6 heteroatoms. The van der Waals surface area contributed by atoms with E-state index < -0.39 is 5.91 Å². The molecule has 0 aliphatic carbocycles. The minimum absolute atomic E-state index is 0.156. The first kappa shape index (κ1) is 19.6. The van der Waals surface area contributed by atoms with Gasteiger partial charge in [-0.05, 0) is 55.8 Å². The number of carbonyl (C=O) groups is 3. The van der Waals surface area contributed by atoms with Gasteiger partial charge in [0.05, 0.1) is 23.4 Å². The minimum Gasteiger partial charge on any atom is -0.494 e. The summed E-state index contributed by atoms with van der Waals surface area (Å²) in [5.41, 5.74) is 1.45. The molecule has 0 bridgehead atoms. The van der Waals surface area contributed by atoms with Crippen LogP contribution in [0.4, 0.5) is 5.69 Å². The summed E-state index contributed by atoms with van der Waals surface area (Å²) >= 11 is 0. The third kappa shape index (κ3) is 3.63. The standard InChI is InChI=1S/C22H24N2O4/c1-4-6-13-23(3)20(25)15-7-12-18-19(14-15)22(27)24(21(18)26)16-8-10-17(11-9-16)28-5-2/h7-12,14H,4-6,13H2,1-3H3. The predicted molar refractivity (Wildman–Crippen MR) is 107 cm³/mol. The van der Waals surface area contributed by atoms with Crippen LogP contribution in [0, 0.1) is 0 Å². The summed E-state index contributed by atoms with van der Waals surface area (Å²) in [4.78, 5) is 41.0. The molecule has 3 rings (SSSR count). The first-order chi connectivity index (χ1) is 13.5. The van der Waals surface area contributed by atoms with Crippen LogP contribution in [-0.4, -0.2) is 42.8 Å². The molecule has 2 aromatic carbocycles. The molecule has 0 saturated heterocycles. The number of carbonyl (C=O) groups excluding carboxylic acids is 3. The number of amides is 3. The molecule has 1 heterocycles. The van der Waals surface area contributed by atoms with Crippen molar-refractivity contribution < 1.29 is 19.1 Å². The van der Waals surface area contributed by atoms with Crippen molar-refractivity contribution in [1.29, 1.82) is 0 Å². The van der Waals surface area contributed by atoms with Gasteiger partial charge in [-0.15, -0.1) is 0 Å². The second-order valence-electron chi connectivity index (χ2n) is 6.71. The zero-order chi connectivity index (χ0) is 20.3. The van der Waals surface area contributed by atoms with E-state index in [-0.39, 0.29) is 17.4 Å². The predicted octanol–water partition coefficient (Wildman–Crippen LogP) is 3.76. The Balaban J connectivity index is 1.86. The van der Waals surface area contributed by atoms with Crippen LogP contribution in [0.5, 0.6) is 5.75 Å². The largest absolute Gasteiger partial charge is 0.494 e. The molecule has 0 radical (unpaired) electrons. The second kappa shape index (κ2) is 8.25. The molecule has 0 spiro atoms. The average Bonchev–Trinajstić information content (AvgIpc) is 2.96. The Labute approximate surface area is 164 Å². The van der Waals surface area contributed by atoms with Gasteiger partial charge in [0.1, 0.15) is 5.75 Å². The minimum atomic E-state index is -0.421. The first-order valence-electron chi connectivity index (χ1n) is 9.49. The lowest BCUT2D eigenvalue weighted by molar-refractivity contribution is 0.0792. The number of imide groups is 1. The lowest BCUT2D eigenvalue weighted by atomic mass is 10.0. The van der Waals surface area contributed by atoms with Crippen molar-refractivity contribution in [3.63, 3.8) is 0 Å². The van der Waals surface area contributed by atoms with E-state index in [1.165, 1.54) is 6.07 Å². The number of fused-ring (bicyclic) bond motifs is 1. The van der Waals surface area contributed by atoms with E-state index in [1.54, 1.807) is 48.3 Å². The molecular weight excluding hydrogens is 356 g/mol. The van der Waals surface area contributed by atoms with Crippen LogP contribution in [0.1, 0.15) is 57.8 Å². The first-order valence-corrected chi connectivity index (χ1v) is 9.49. The molecule has 1 aliphatic heterocycles. The fourth-order valence-corrected chi connectivity index (χ4v) is 3.18. The normalized spacial score (nSPS) is 12.9. The number of hydrogen-bond donors (Lipinski definition) is 0. The second-order valence-corrected chi connectivity index (χ2v) is 6.71. The molecule has 28 heavy (non-hydrogen) atoms.